The molecule has 0 aromatic carbocycles. The second-order valence-electron chi connectivity index (χ2n) is 8.76. The molecule has 0 radical (unpaired) electrons. The Morgan fingerprint density at radius 3 is 2.55 bits per heavy atom. The van der Waals surface area contributed by atoms with Crippen molar-refractivity contribution < 1.29 is 19.1 Å². The lowest BCUT2D eigenvalue weighted by molar-refractivity contribution is -0.156. The fraction of sp³-hybridized carbons (Fsp3) is 0.619. The summed E-state index contributed by atoms with van der Waals surface area (Å²) in [4.78, 5) is 41.8. The molecule has 2 amide bonds. The Bertz CT molecular complexity index is 749. The first-order valence-corrected chi connectivity index (χ1v) is 10.2. The molecule has 1 atom stereocenters. The van der Waals surface area contributed by atoms with Gasteiger partial charge in [0.2, 0.25) is 11.8 Å². The highest BCUT2D eigenvalue weighted by molar-refractivity contribution is 6.01. The molecule has 158 valence electrons. The van der Waals surface area contributed by atoms with Gasteiger partial charge in [0.05, 0.1) is 18.4 Å². The van der Waals surface area contributed by atoms with Crippen LogP contribution in [0.5, 0.6) is 0 Å². The van der Waals surface area contributed by atoms with Crippen LogP contribution in [0.4, 0.5) is 5.69 Å². The number of carbonyl (C=O) groups is 3. The van der Waals surface area contributed by atoms with E-state index in [1.807, 2.05) is 32.9 Å². The molecule has 29 heavy (non-hydrogen) atoms. The second kappa shape index (κ2) is 8.90. The summed E-state index contributed by atoms with van der Waals surface area (Å²) in [7, 11) is 0. The number of ether oxygens (including phenoxy) is 1. The number of pyridine rings is 1. The van der Waals surface area contributed by atoms with Gasteiger partial charge >= 0.3 is 5.97 Å². The Kier molecular flexibility index (Phi) is 6.52. The summed E-state index contributed by atoms with van der Waals surface area (Å²) >= 11 is 0. The predicted molar refractivity (Wildman–Crippen MR) is 108 cm³/mol. The summed E-state index contributed by atoms with van der Waals surface area (Å²) in [5, 5.41) is 5.49. The third-order valence-corrected chi connectivity index (χ3v) is 5.15. The minimum Gasteiger partial charge on any atom is -0.459 e. The average Bonchev–Trinajstić information content (AvgIpc) is 2.64. The van der Waals surface area contributed by atoms with Gasteiger partial charge in [-0.3, -0.25) is 29.6 Å². The van der Waals surface area contributed by atoms with Crippen LogP contribution >= 0.6 is 0 Å². The van der Waals surface area contributed by atoms with Crippen LogP contribution in [0.2, 0.25) is 0 Å². The molecule has 1 aromatic rings. The molecule has 0 bridgehead atoms. The van der Waals surface area contributed by atoms with Gasteiger partial charge in [0.1, 0.15) is 11.6 Å². The predicted octanol–water partition coefficient (Wildman–Crippen LogP) is 1.82. The Balaban J connectivity index is 1.47. The van der Waals surface area contributed by atoms with Crippen molar-refractivity contribution in [3.05, 3.63) is 24.0 Å². The zero-order valence-electron chi connectivity index (χ0n) is 17.4. The molecule has 2 saturated heterocycles. The quantitative estimate of drug-likeness (QED) is 0.572. The molecular formula is C21H30N4O4. The van der Waals surface area contributed by atoms with E-state index in [1.54, 1.807) is 6.20 Å². The van der Waals surface area contributed by atoms with Crippen LogP contribution in [0.15, 0.2) is 18.3 Å². The molecular weight excluding hydrogens is 372 g/mol. The van der Waals surface area contributed by atoms with Crippen LogP contribution in [-0.4, -0.2) is 58.9 Å². The minimum absolute atomic E-state index is 0.182. The highest BCUT2D eigenvalue weighted by Gasteiger charge is 2.27. The third kappa shape index (κ3) is 6.25. The molecule has 3 rings (SSSR count). The maximum Gasteiger partial charge on any atom is 0.320 e. The van der Waals surface area contributed by atoms with Gasteiger partial charge in [-0.2, -0.15) is 0 Å². The number of amides is 2. The Morgan fingerprint density at radius 1 is 1.24 bits per heavy atom. The number of hydrogen-bond acceptors (Lipinski definition) is 7. The zero-order chi connectivity index (χ0) is 21.0. The monoisotopic (exact) mass is 402 g/mol. The number of likely N-dealkylation sites (tertiary alicyclic amines) is 1. The van der Waals surface area contributed by atoms with E-state index in [-0.39, 0.29) is 17.8 Å². The van der Waals surface area contributed by atoms with E-state index in [2.05, 4.69) is 20.5 Å². The summed E-state index contributed by atoms with van der Waals surface area (Å²) in [5.41, 5.74) is 1.34. The first-order chi connectivity index (χ1) is 13.7. The van der Waals surface area contributed by atoms with Crippen LogP contribution in [-0.2, 0) is 19.1 Å². The van der Waals surface area contributed by atoms with Gasteiger partial charge in [0.15, 0.2) is 0 Å². The van der Waals surface area contributed by atoms with Gasteiger partial charge in [-0.15, -0.1) is 0 Å². The molecule has 2 N–H and O–H groups in total. The maximum absolute atomic E-state index is 12.0. The van der Waals surface area contributed by atoms with Crippen molar-refractivity contribution in [2.45, 2.75) is 64.0 Å². The van der Waals surface area contributed by atoms with E-state index >= 15 is 0 Å². The smallest absolute Gasteiger partial charge is 0.320 e. The maximum atomic E-state index is 12.0. The van der Waals surface area contributed by atoms with E-state index in [0.29, 0.717) is 25.3 Å². The number of aromatic nitrogens is 1. The summed E-state index contributed by atoms with van der Waals surface area (Å²) in [5.74, 6) is -0.338. The Morgan fingerprint density at radius 2 is 1.97 bits per heavy atom. The van der Waals surface area contributed by atoms with E-state index in [0.717, 1.165) is 37.3 Å². The number of rotatable bonds is 5. The molecule has 0 aliphatic carbocycles. The summed E-state index contributed by atoms with van der Waals surface area (Å²) in [6.07, 6.45) is 4.46. The van der Waals surface area contributed by atoms with Crippen LogP contribution in [0.3, 0.4) is 0 Å². The molecule has 3 heterocycles. The van der Waals surface area contributed by atoms with Crippen LogP contribution in [0.25, 0.3) is 0 Å². The Labute approximate surface area is 171 Å². The van der Waals surface area contributed by atoms with Crippen molar-refractivity contribution in [3.8, 4) is 0 Å². The molecule has 8 heteroatoms. The van der Waals surface area contributed by atoms with Crippen LogP contribution in [0.1, 0.15) is 58.1 Å². The fourth-order valence-electron chi connectivity index (χ4n) is 3.71. The molecule has 2 aliphatic heterocycles. The normalized spacial score (nSPS) is 21.6. The molecule has 1 aromatic heterocycles. The number of anilines is 1. The fourth-order valence-corrected chi connectivity index (χ4v) is 3.71. The van der Waals surface area contributed by atoms with Crippen molar-refractivity contribution in [1.29, 1.82) is 0 Å². The van der Waals surface area contributed by atoms with Crippen molar-refractivity contribution in [2.24, 2.45) is 0 Å². The SMILES string of the molecule is CC(C)(C)OC(=O)CN1CCC(c2ccc(N[C@H]3CCC(=O)NC3=O)cn2)CC1. The van der Waals surface area contributed by atoms with Gasteiger partial charge < -0.3 is 10.1 Å². The summed E-state index contributed by atoms with van der Waals surface area (Å²) < 4.78 is 5.39. The lowest BCUT2D eigenvalue weighted by Gasteiger charge is -2.32. The van der Waals surface area contributed by atoms with Gasteiger partial charge in [-0.1, -0.05) is 0 Å². The number of esters is 1. The largest absolute Gasteiger partial charge is 0.459 e. The number of imide groups is 1. The summed E-state index contributed by atoms with van der Waals surface area (Å²) in [6.45, 7) is 7.63. The molecule has 0 unspecified atom stereocenters. The van der Waals surface area contributed by atoms with E-state index in [1.165, 1.54) is 0 Å². The van der Waals surface area contributed by atoms with Crippen molar-refractivity contribution in [2.75, 3.05) is 25.0 Å². The Hall–Kier alpha value is -2.48. The minimum atomic E-state index is -0.455. The van der Waals surface area contributed by atoms with Gasteiger partial charge in [-0.05, 0) is 65.3 Å². The number of nitrogens with one attached hydrogen (secondary N) is 2. The van der Waals surface area contributed by atoms with E-state index < -0.39 is 11.6 Å². The van der Waals surface area contributed by atoms with E-state index in [9.17, 15) is 14.4 Å². The number of hydrogen-bond donors (Lipinski definition) is 2. The first kappa shape index (κ1) is 21.2. The molecule has 0 saturated carbocycles. The van der Waals surface area contributed by atoms with Crippen LogP contribution in [0, 0.1) is 0 Å². The molecule has 8 nitrogen and oxygen atoms in total. The number of nitrogens with zero attached hydrogens (tertiary/aromatic N) is 2. The van der Waals surface area contributed by atoms with Gasteiger partial charge in [-0.25, -0.2) is 0 Å². The lowest BCUT2D eigenvalue weighted by atomic mass is 9.93. The van der Waals surface area contributed by atoms with Gasteiger partial charge in [0, 0.05) is 18.0 Å². The summed E-state index contributed by atoms with van der Waals surface area (Å²) in [6, 6.07) is 3.51. The number of carbonyl (C=O) groups excluding carboxylic acids is 3. The van der Waals surface area contributed by atoms with Crippen LogP contribution < -0.4 is 10.6 Å². The zero-order valence-corrected chi connectivity index (χ0v) is 17.4. The van der Waals surface area contributed by atoms with E-state index in [4.69, 9.17) is 4.74 Å². The van der Waals surface area contributed by atoms with Crippen molar-refractivity contribution >= 4 is 23.5 Å². The van der Waals surface area contributed by atoms with Crippen molar-refractivity contribution in [3.63, 3.8) is 0 Å². The number of piperidine rings is 2. The highest BCUT2D eigenvalue weighted by Crippen LogP contribution is 2.27. The molecule has 2 aliphatic rings. The van der Waals surface area contributed by atoms with Gasteiger partial charge in [0.25, 0.3) is 0 Å². The third-order valence-electron chi connectivity index (χ3n) is 5.15. The lowest BCUT2D eigenvalue weighted by Crippen LogP contribution is -2.47. The standard InChI is InChI=1S/C21H30N4O4/c1-21(2,3)29-19(27)13-25-10-8-14(9-11-25)16-5-4-15(12-22-16)23-17-6-7-18(26)24-20(17)28/h4-5,12,14,17,23H,6-11,13H2,1-3H3,(H,24,26,28)/t17-/m0/s1. The topological polar surface area (TPSA) is 101 Å². The second-order valence-corrected chi connectivity index (χ2v) is 8.76. The molecule has 2 fully saturated rings. The average molecular weight is 402 g/mol. The first-order valence-electron chi connectivity index (χ1n) is 10.2. The highest BCUT2D eigenvalue weighted by atomic mass is 16.6. The van der Waals surface area contributed by atoms with Crippen molar-refractivity contribution in [1.82, 2.24) is 15.2 Å². The molecule has 0 spiro atoms.